The van der Waals surface area contributed by atoms with Crippen LogP contribution in [0.25, 0.3) is 0 Å². The predicted molar refractivity (Wildman–Crippen MR) is 107 cm³/mol. The SMILES string of the molecule is C=C(C)C(=O)OCC(=O)OC1(C)C2CC3CC1CC(C(=O)OC(C(F)(F)F)C(F)(F)S(=O)(=O)[O-])(C3)C2. The molecule has 4 bridgehead atoms. The van der Waals surface area contributed by atoms with Crippen LogP contribution in [0.4, 0.5) is 22.0 Å². The van der Waals surface area contributed by atoms with Gasteiger partial charge in [0.1, 0.15) is 5.60 Å². The highest BCUT2D eigenvalue weighted by atomic mass is 32.2. The molecule has 4 aliphatic carbocycles. The molecule has 0 heterocycles. The Morgan fingerprint density at radius 3 is 2.06 bits per heavy atom. The maximum atomic E-state index is 13.9. The highest BCUT2D eigenvalue weighted by Gasteiger charge is 2.68. The molecule has 0 amide bonds. The summed E-state index contributed by atoms with van der Waals surface area (Å²) in [6, 6.07) is 0. The van der Waals surface area contributed by atoms with Crippen molar-refractivity contribution in [3.05, 3.63) is 12.2 Å². The van der Waals surface area contributed by atoms with Crippen LogP contribution in [0, 0.1) is 23.2 Å². The highest BCUT2D eigenvalue weighted by Crippen LogP contribution is 2.65. The lowest BCUT2D eigenvalue weighted by Crippen LogP contribution is -2.64. The molecule has 3 atom stereocenters. The van der Waals surface area contributed by atoms with Gasteiger partial charge in [-0.1, -0.05) is 6.58 Å². The quantitative estimate of drug-likeness (QED) is 0.148. The van der Waals surface area contributed by atoms with Crippen molar-refractivity contribution in [1.82, 2.24) is 0 Å². The first-order valence-electron chi connectivity index (χ1n) is 10.9. The topological polar surface area (TPSA) is 136 Å². The van der Waals surface area contributed by atoms with Crippen LogP contribution in [0.15, 0.2) is 12.2 Å². The van der Waals surface area contributed by atoms with E-state index in [9.17, 15) is 49.3 Å². The average molecular weight is 547 g/mol. The molecular formula is C21H24F5O9S-. The second-order valence-corrected chi connectivity index (χ2v) is 11.4. The van der Waals surface area contributed by atoms with E-state index in [2.05, 4.69) is 11.3 Å². The zero-order valence-electron chi connectivity index (χ0n) is 19.2. The Kier molecular flexibility index (Phi) is 7.01. The zero-order valence-corrected chi connectivity index (χ0v) is 20.0. The molecule has 3 unspecified atom stereocenters. The van der Waals surface area contributed by atoms with Crippen LogP contribution in [-0.4, -0.2) is 60.6 Å². The summed E-state index contributed by atoms with van der Waals surface area (Å²) >= 11 is 0. The third kappa shape index (κ3) is 4.95. The molecule has 36 heavy (non-hydrogen) atoms. The zero-order chi connectivity index (χ0) is 27.5. The number of halogens is 5. The number of hydrogen-bond acceptors (Lipinski definition) is 9. The number of hydrogen-bond donors (Lipinski definition) is 0. The van der Waals surface area contributed by atoms with E-state index in [1.54, 1.807) is 6.92 Å². The molecule has 0 saturated heterocycles. The first-order chi connectivity index (χ1) is 16.2. The van der Waals surface area contributed by atoms with Crippen molar-refractivity contribution in [3.8, 4) is 0 Å². The Labute approximate surface area is 203 Å². The summed E-state index contributed by atoms with van der Waals surface area (Å²) in [5.41, 5.74) is -2.78. The standard InChI is InChI=1S/C21H25F5O9S/c1-10(2)15(28)33-9-14(27)35-18(3)12-4-11-5-13(18)8-19(6-11,7-12)17(29)34-16(20(22,23)24)21(25,26)36(30,31)32/h11-13,16H,1,4-9H2,2-3H3,(H,30,31,32)/p-1. The molecule has 9 nitrogen and oxygen atoms in total. The van der Waals surface area contributed by atoms with E-state index < -0.39 is 75.0 Å². The van der Waals surface area contributed by atoms with E-state index >= 15 is 0 Å². The molecule has 0 N–H and O–H groups in total. The Balaban J connectivity index is 1.79. The van der Waals surface area contributed by atoms with Gasteiger partial charge < -0.3 is 18.8 Å². The molecule has 0 aromatic carbocycles. The van der Waals surface area contributed by atoms with Gasteiger partial charge in [-0.3, -0.25) is 4.79 Å². The van der Waals surface area contributed by atoms with Gasteiger partial charge >= 0.3 is 29.3 Å². The van der Waals surface area contributed by atoms with E-state index in [-0.39, 0.29) is 30.8 Å². The van der Waals surface area contributed by atoms with Crippen molar-refractivity contribution in [2.75, 3.05) is 6.61 Å². The molecule has 0 spiro atoms. The summed E-state index contributed by atoms with van der Waals surface area (Å²) in [7, 11) is -6.81. The van der Waals surface area contributed by atoms with Crippen LogP contribution in [0.5, 0.6) is 0 Å². The smallest absolute Gasteiger partial charge is 0.432 e. The van der Waals surface area contributed by atoms with Gasteiger partial charge in [0.15, 0.2) is 16.7 Å². The average Bonchev–Trinajstić information content (AvgIpc) is 2.71. The van der Waals surface area contributed by atoms with E-state index in [0.717, 1.165) is 0 Å². The molecule has 0 radical (unpaired) electrons. The fourth-order valence-corrected chi connectivity index (χ4v) is 6.26. The molecule has 204 valence electrons. The van der Waals surface area contributed by atoms with E-state index in [0.29, 0.717) is 12.8 Å². The van der Waals surface area contributed by atoms with Gasteiger partial charge in [-0.15, -0.1) is 0 Å². The van der Waals surface area contributed by atoms with E-state index in [1.807, 2.05) is 0 Å². The summed E-state index contributed by atoms with van der Waals surface area (Å²) in [4.78, 5) is 36.7. The number of alkyl halides is 5. The van der Waals surface area contributed by atoms with Crippen molar-refractivity contribution >= 4 is 28.0 Å². The first kappa shape index (κ1) is 28.3. The lowest BCUT2D eigenvalue weighted by atomic mass is 9.45. The van der Waals surface area contributed by atoms with Crippen LogP contribution in [0.2, 0.25) is 0 Å². The number of esters is 3. The Morgan fingerprint density at radius 1 is 1.08 bits per heavy atom. The summed E-state index contributed by atoms with van der Waals surface area (Å²) in [6.07, 6.45) is -9.99. The van der Waals surface area contributed by atoms with E-state index in [4.69, 9.17) is 9.47 Å². The second kappa shape index (κ2) is 8.92. The fraction of sp³-hybridized carbons (Fsp3) is 0.762. The van der Waals surface area contributed by atoms with Crippen LogP contribution in [0.1, 0.15) is 46.0 Å². The molecule has 4 aliphatic rings. The molecule has 4 saturated carbocycles. The van der Waals surface area contributed by atoms with Crippen LogP contribution in [0.3, 0.4) is 0 Å². The molecular weight excluding hydrogens is 523 g/mol. The minimum atomic E-state index is -6.81. The normalized spacial score (nSPS) is 32.5. The molecule has 4 fully saturated rings. The Morgan fingerprint density at radius 2 is 1.61 bits per heavy atom. The van der Waals surface area contributed by atoms with Gasteiger partial charge in [0.25, 0.3) is 6.10 Å². The lowest BCUT2D eigenvalue weighted by molar-refractivity contribution is -0.271. The summed E-state index contributed by atoms with van der Waals surface area (Å²) in [5.74, 6) is -4.74. The molecule has 0 aromatic rings. The fourth-order valence-electron chi connectivity index (χ4n) is 5.82. The van der Waals surface area contributed by atoms with Gasteiger partial charge in [-0.05, 0) is 51.9 Å². The van der Waals surface area contributed by atoms with Gasteiger partial charge in [0.05, 0.1) is 5.41 Å². The highest BCUT2D eigenvalue weighted by molar-refractivity contribution is 7.86. The van der Waals surface area contributed by atoms with Crippen molar-refractivity contribution in [1.29, 1.82) is 0 Å². The van der Waals surface area contributed by atoms with E-state index in [1.165, 1.54) is 6.92 Å². The second-order valence-electron chi connectivity index (χ2n) is 9.98. The third-order valence-electron chi connectivity index (χ3n) is 7.41. The third-order valence-corrected chi connectivity index (χ3v) is 8.29. The monoisotopic (exact) mass is 547 g/mol. The number of rotatable bonds is 8. The number of carbonyl (C=O) groups is 3. The molecule has 4 rings (SSSR count). The number of ether oxygens (including phenoxy) is 3. The van der Waals surface area contributed by atoms with Crippen molar-refractivity contribution in [2.45, 2.75) is 69.1 Å². The predicted octanol–water partition coefficient (Wildman–Crippen LogP) is 2.85. The first-order valence-corrected chi connectivity index (χ1v) is 12.3. The van der Waals surface area contributed by atoms with Crippen LogP contribution >= 0.6 is 0 Å². The van der Waals surface area contributed by atoms with Gasteiger partial charge in [0.2, 0.25) is 0 Å². The lowest BCUT2D eigenvalue weighted by Gasteiger charge is -2.62. The maximum Gasteiger partial charge on any atom is 0.432 e. The molecule has 0 aliphatic heterocycles. The van der Waals surface area contributed by atoms with Gasteiger partial charge in [-0.2, -0.15) is 22.0 Å². The summed E-state index contributed by atoms with van der Waals surface area (Å²) in [5, 5.41) is -5.94. The Bertz CT molecular complexity index is 1050. The summed E-state index contributed by atoms with van der Waals surface area (Å²) in [6.45, 7) is 5.60. The van der Waals surface area contributed by atoms with Crippen LogP contribution < -0.4 is 0 Å². The van der Waals surface area contributed by atoms with Crippen molar-refractivity contribution < 1.29 is 63.5 Å². The van der Waals surface area contributed by atoms with Crippen LogP contribution in [-0.2, 0) is 38.7 Å². The maximum absolute atomic E-state index is 13.9. The molecule has 15 heteroatoms. The van der Waals surface area contributed by atoms with Crippen molar-refractivity contribution in [3.63, 3.8) is 0 Å². The minimum absolute atomic E-state index is 0.0133. The largest absolute Gasteiger partial charge is 0.743 e. The summed E-state index contributed by atoms with van der Waals surface area (Å²) < 4.78 is 114. The minimum Gasteiger partial charge on any atom is -0.743 e. The Hall–Kier alpha value is -2.29. The number of carbonyl (C=O) groups excluding carboxylic acids is 3. The van der Waals surface area contributed by atoms with Gasteiger partial charge in [-0.25, -0.2) is 18.0 Å². The van der Waals surface area contributed by atoms with Gasteiger partial charge in [0, 0.05) is 17.4 Å². The van der Waals surface area contributed by atoms with Crippen molar-refractivity contribution in [2.24, 2.45) is 23.2 Å². The molecule has 0 aromatic heterocycles.